The van der Waals surface area contributed by atoms with E-state index < -0.39 is 0 Å². The minimum Gasteiger partial charge on any atom is -0.330 e. The van der Waals surface area contributed by atoms with Crippen LogP contribution in [0.25, 0.3) is 10.2 Å². The van der Waals surface area contributed by atoms with E-state index >= 15 is 0 Å². The summed E-state index contributed by atoms with van der Waals surface area (Å²) in [4.78, 5) is 9.63. The Bertz CT molecular complexity index is 587. The van der Waals surface area contributed by atoms with Crippen molar-refractivity contribution in [1.82, 2.24) is 14.8 Å². The van der Waals surface area contributed by atoms with Crippen LogP contribution < -0.4 is 5.73 Å². The smallest absolute Gasteiger partial charge is 0.0939 e. The lowest BCUT2D eigenvalue weighted by atomic mass is 10.2. The van der Waals surface area contributed by atoms with Gasteiger partial charge in [0.2, 0.25) is 0 Å². The number of hydrogen-bond donors (Lipinski definition) is 1. The van der Waals surface area contributed by atoms with Crippen LogP contribution in [0.2, 0.25) is 0 Å². The molecule has 1 fully saturated rings. The van der Waals surface area contributed by atoms with E-state index in [1.54, 1.807) is 0 Å². The Kier molecular flexibility index (Phi) is 4.85. The predicted octanol–water partition coefficient (Wildman–Crippen LogP) is 1.93. The number of piperazine rings is 1. The molecule has 0 bridgehead atoms. The monoisotopic (exact) mass is 304 g/mol. The minimum atomic E-state index is 0.741. The summed E-state index contributed by atoms with van der Waals surface area (Å²) in [5, 5.41) is 1.21. The lowest BCUT2D eigenvalue weighted by Crippen LogP contribution is -2.43. The first-order chi connectivity index (χ1) is 10.2. The minimum absolute atomic E-state index is 0.741. The van der Waals surface area contributed by atoms with Crippen LogP contribution in [0, 0.1) is 0 Å². The summed E-state index contributed by atoms with van der Waals surface area (Å²) < 4.78 is 1.31. The molecule has 0 spiro atoms. The molecular formula is C16H24N4S. The van der Waals surface area contributed by atoms with Crippen LogP contribution in [0.5, 0.6) is 0 Å². The van der Waals surface area contributed by atoms with Gasteiger partial charge in [0, 0.05) is 39.1 Å². The summed E-state index contributed by atoms with van der Waals surface area (Å²) >= 11 is 1.82. The number of rotatable bonds is 5. The standard InChI is InChI=1S/C16H24N4S/c1-19-7-9-20(10-8-19)12-13-4-5-14-15(11-13)21-16(18-14)3-2-6-17/h4-5,11H,2-3,6-10,12,17H2,1H3. The van der Waals surface area contributed by atoms with Crippen LogP contribution in [-0.4, -0.2) is 54.6 Å². The maximum Gasteiger partial charge on any atom is 0.0939 e. The summed E-state index contributed by atoms with van der Waals surface area (Å²) in [5.41, 5.74) is 8.11. The van der Waals surface area contributed by atoms with E-state index in [1.807, 2.05) is 11.3 Å². The van der Waals surface area contributed by atoms with Crippen LogP contribution in [0.4, 0.5) is 0 Å². The second-order valence-corrected chi connectivity index (χ2v) is 7.00. The van der Waals surface area contributed by atoms with Crippen LogP contribution in [0.15, 0.2) is 18.2 Å². The van der Waals surface area contributed by atoms with E-state index in [0.29, 0.717) is 0 Å². The van der Waals surface area contributed by atoms with Gasteiger partial charge in [0.1, 0.15) is 0 Å². The van der Waals surface area contributed by atoms with Gasteiger partial charge >= 0.3 is 0 Å². The highest BCUT2D eigenvalue weighted by atomic mass is 32.1. The molecule has 1 aliphatic rings. The molecule has 2 aromatic rings. The molecule has 0 radical (unpaired) electrons. The van der Waals surface area contributed by atoms with Crippen LogP contribution in [0.1, 0.15) is 17.0 Å². The lowest BCUT2D eigenvalue weighted by Gasteiger charge is -2.32. The molecule has 0 aliphatic carbocycles. The second-order valence-electron chi connectivity index (χ2n) is 5.88. The Labute approximate surface area is 130 Å². The summed E-state index contributed by atoms with van der Waals surface area (Å²) in [7, 11) is 2.20. The first-order valence-electron chi connectivity index (χ1n) is 7.74. The van der Waals surface area contributed by atoms with Gasteiger partial charge in [0.15, 0.2) is 0 Å². The molecule has 2 heterocycles. The first-order valence-corrected chi connectivity index (χ1v) is 8.55. The maximum atomic E-state index is 5.58. The number of aryl methyl sites for hydroxylation is 1. The van der Waals surface area contributed by atoms with E-state index in [9.17, 15) is 0 Å². The van der Waals surface area contributed by atoms with Gasteiger partial charge in [-0.05, 0) is 37.7 Å². The molecule has 3 rings (SSSR count). The Morgan fingerprint density at radius 2 is 2.05 bits per heavy atom. The fourth-order valence-corrected chi connectivity index (χ4v) is 3.81. The molecule has 0 saturated carbocycles. The van der Waals surface area contributed by atoms with E-state index in [0.717, 1.165) is 31.4 Å². The number of thiazole rings is 1. The van der Waals surface area contributed by atoms with Gasteiger partial charge in [-0.1, -0.05) is 6.07 Å². The SMILES string of the molecule is CN1CCN(Cc2ccc3nc(CCCN)sc3c2)CC1. The van der Waals surface area contributed by atoms with Gasteiger partial charge in [-0.25, -0.2) is 4.98 Å². The molecule has 0 unspecified atom stereocenters. The van der Waals surface area contributed by atoms with Crippen molar-refractivity contribution < 1.29 is 0 Å². The van der Waals surface area contributed by atoms with Crippen molar-refractivity contribution >= 4 is 21.6 Å². The van der Waals surface area contributed by atoms with Gasteiger partial charge in [-0.2, -0.15) is 0 Å². The molecule has 1 aliphatic heterocycles. The molecule has 5 heteroatoms. The van der Waals surface area contributed by atoms with Gasteiger partial charge in [0.25, 0.3) is 0 Å². The molecule has 0 atom stereocenters. The molecular weight excluding hydrogens is 280 g/mol. The largest absolute Gasteiger partial charge is 0.330 e. The van der Waals surface area contributed by atoms with Crippen molar-refractivity contribution in [3.8, 4) is 0 Å². The maximum absolute atomic E-state index is 5.58. The highest BCUT2D eigenvalue weighted by Gasteiger charge is 2.14. The zero-order chi connectivity index (χ0) is 14.7. The number of likely N-dealkylation sites (N-methyl/N-ethyl adjacent to an activating group) is 1. The predicted molar refractivity (Wildman–Crippen MR) is 89.8 cm³/mol. The Morgan fingerprint density at radius 1 is 1.24 bits per heavy atom. The first kappa shape index (κ1) is 14.9. The van der Waals surface area contributed by atoms with Crippen LogP contribution in [0.3, 0.4) is 0 Å². The molecule has 1 saturated heterocycles. The van der Waals surface area contributed by atoms with Crippen molar-refractivity contribution in [2.45, 2.75) is 19.4 Å². The van der Waals surface area contributed by atoms with E-state index in [4.69, 9.17) is 10.7 Å². The summed E-state index contributed by atoms with van der Waals surface area (Å²) in [6.07, 6.45) is 2.03. The van der Waals surface area contributed by atoms with Gasteiger partial charge in [0.05, 0.1) is 15.2 Å². The van der Waals surface area contributed by atoms with Gasteiger partial charge < -0.3 is 10.6 Å². The molecule has 2 N–H and O–H groups in total. The van der Waals surface area contributed by atoms with Crippen molar-refractivity contribution in [3.63, 3.8) is 0 Å². The third-order valence-electron chi connectivity index (χ3n) is 4.09. The van der Waals surface area contributed by atoms with Gasteiger partial charge in [-0.15, -0.1) is 11.3 Å². The highest BCUT2D eigenvalue weighted by Crippen LogP contribution is 2.24. The summed E-state index contributed by atoms with van der Waals surface area (Å²) in [6, 6.07) is 6.72. The quantitative estimate of drug-likeness (QED) is 0.917. The Balaban J connectivity index is 1.68. The number of fused-ring (bicyclic) bond motifs is 1. The molecule has 1 aromatic carbocycles. The van der Waals surface area contributed by atoms with Crippen LogP contribution >= 0.6 is 11.3 Å². The fraction of sp³-hybridized carbons (Fsp3) is 0.562. The molecule has 114 valence electrons. The fourth-order valence-electron chi connectivity index (χ4n) is 2.74. The van der Waals surface area contributed by atoms with Crippen LogP contribution in [-0.2, 0) is 13.0 Å². The highest BCUT2D eigenvalue weighted by molar-refractivity contribution is 7.18. The number of aromatic nitrogens is 1. The third kappa shape index (κ3) is 3.80. The molecule has 0 amide bonds. The summed E-state index contributed by atoms with van der Waals surface area (Å²) in [5.74, 6) is 0. The number of benzene rings is 1. The second kappa shape index (κ2) is 6.83. The molecule has 4 nitrogen and oxygen atoms in total. The van der Waals surface area contributed by atoms with Crippen molar-refractivity contribution in [1.29, 1.82) is 0 Å². The summed E-state index contributed by atoms with van der Waals surface area (Å²) in [6.45, 7) is 6.47. The average molecular weight is 304 g/mol. The van der Waals surface area contributed by atoms with E-state index in [2.05, 4.69) is 35.0 Å². The number of nitrogens with zero attached hydrogens (tertiary/aromatic N) is 3. The third-order valence-corrected chi connectivity index (χ3v) is 5.17. The zero-order valence-electron chi connectivity index (χ0n) is 12.7. The van der Waals surface area contributed by atoms with Crippen molar-refractivity contribution in [2.75, 3.05) is 39.8 Å². The van der Waals surface area contributed by atoms with Gasteiger partial charge in [-0.3, -0.25) is 4.90 Å². The van der Waals surface area contributed by atoms with Crippen molar-refractivity contribution in [3.05, 3.63) is 28.8 Å². The number of hydrogen-bond acceptors (Lipinski definition) is 5. The normalized spacial score (nSPS) is 17.6. The Hall–Kier alpha value is -1.01. The average Bonchev–Trinajstić information content (AvgIpc) is 2.89. The van der Waals surface area contributed by atoms with E-state index in [1.165, 1.54) is 41.5 Å². The zero-order valence-corrected chi connectivity index (χ0v) is 13.5. The molecule has 1 aromatic heterocycles. The van der Waals surface area contributed by atoms with Crippen molar-refractivity contribution in [2.24, 2.45) is 5.73 Å². The molecule has 21 heavy (non-hydrogen) atoms. The number of nitrogens with two attached hydrogens (primary N) is 1. The van der Waals surface area contributed by atoms with E-state index in [-0.39, 0.29) is 0 Å². The Morgan fingerprint density at radius 3 is 2.81 bits per heavy atom. The topological polar surface area (TPSA) is 45.4 Å². The lowest BCUT2D eigenvalue weighted by molar-refractivity contribution is 0.148.